The summed E-state index contributed by atoms with van der Waals surface area (Å²) < 4.78 is 10.9. The maximum Gasteiger partial charge on any atom is 0.269 e. The van der Waals surface area contributed by atoms with E-state index < -0.39 is 5.91 Å². The minimum atomic E-state index is -0.450. The molecule has 6 nitrogen and oxygen atoms in total. The summed E-state index contributed by atoms with van der Waals surface area (Å²) in [5.74, 6) is 0.369. The largest absolute Gasteiger partial charge is 0.493 e. The van der Waals surface area contributed by atoms with Crippen LogP contribution in [0, 0.1) is 0 Å². The number of thioether (sulfide) groups is 1. The fourth-order valence-corrected chi connectivity index (χ4v) is 3.23. The minimum absolute atomic E-state index is 0.123. The Hall–Kier alpha value is -2.38. The Morgan fingerprint density at radius 1 is 1.11 bits per heavy atom. The van der Waals surface area contributed by atoms with Crippen molar-refractivity contribution in [2.75, 3.05) is 19.5 Å². The highest BCUT2D eigenvalue weighted by atomic mass is 35.5. The van der Waals surface area contributed by atoms with Crippen molar-refractivity contribution in [2.45, 2.75) is 24.7 Å². The van der Waals surface area contributed by atoms with Gasteiger partial charge >= 0.3 is 0 Å². The average molecular weight is 423 g/mol. The van der Waals surface area contributed by atoms with Crippen LogP contribution < -0.4 is 20.3 Å². The van der Waals surface area contributed by atoms with Crippen molar-refractivity contribution in [2.24, 2.45) is 0 Å². The second-order valence-corrected chi connectivity index (χ2v) is 7.21. The molecule has 0 fully saturated rings. The van der Waals surface area contributed by atoms with Gasteiger partial charge in [-0.1, -0.05) is 37.1 Å². The molecular weight excluding hydrogens is 400 g/mol. The molecule has 0 aliphatic rings. The van der Waals surface area contributed by atoms with Gasteiger partial charge in [0.05, 0.1) is 24.5 Å². The molecule has 0 aliphatic heterocycles. The quantitative estimate of drug-likeness (QED) is 0.361. The molecule has 150 valence electrons. The molecule has 0 saturated heterocycles. The van der Waals surface area contributed by atoms with Gasteiger partial charge in [0.2, 0.25) is 5.91 Å². The van der Waals surface area contributed by atoms with Crippen LogP contribution in [0.15, 0.2) is 47.4 Å². The van der Waals surface area contributed by atoms with Crippen molar-refractivity contribution in [1.82, 2.24) is 10.9 Å². The number of hydrogen-bond acceptors (Lipinski definition) is 5. The molecule has 0 atom stereocenters. The molecule has 28 heavy (non-hydrogen) atoms. The molecule has 0 spiro atoms. The second kappa shape index (κ2) is 11.5. The maximum absolute atomic E-state index is 12.3. The van der Waals surface area contributed by atoms with Crippen LogP contribution >= 0.6 is 23.4 Å². The molecule has 0 unspecified atom stereocenters. The lowest BCUT2D eigenvalue weighted by molar-refractivity contribution is -0.119. The Labute approximate surface area is 173 Å². The molecule has 2 amide bonds. The third kappa shape index (κ3) is 6.65. The molecule has 0 aliphatic carbocycles. The SMILES string of the molecule is CCCCOc1ccc(C(=O)NNC(=O)CSc2ccccc2Cl)cc1OC. The topological polar surface area (TPSA) is 76.7 Å². The molecule has 2 N–H and O–H groups in total. The fraction of sp³-hybridized carbons (Fsp3) is 0.300. The maximum atomic E-state index is 12.3. The van der Waals surface area contributed by atoms with Gasteiger partial charge in [-0.15, -0.1) is 11.8 Å². The zero-order valence-electron chi connectivity index (χ0n) is 15.8. The molecule has 8 heteroatoms. The number of carbonyl (C=O) groups is 2. The van der Waals surface area contributed by atoms with Crippen molar-refractivity contribution in [1.29, 1.82) is 0 Å². The molecule has 0 saturated carbocycles. The number of hydrogen-bond donors (Lipinski definition) is 2. The van der Waals surface area contributed by atoms with E-state index >= 15 is 0 Å². The highest BCUT2D eigenvalue weighted by molar-refractivity contribution is 8.00. The van der Waals surface area contributed by atoms with E-state index in [1.54, 1.807) is 24.3 Å². The van der Waals surface area contributed by atoms with Gasteiger partial charge in [-0.3, -0.25) is 20.4 Å². The Kier molecular flexibility index (Phi) is 8.97. The van der Waals surface area contributed by atoms with Crippen LogP contribution in [-0.4, -0.2) is 31.3 Å². The Bertz CT molecular complexity index is 817. The number of methoxy groups -OCH3 is 1. The highest BCUT2D eigenvalue weighted by Crippen LogP contribution is 2.28. The Morgan fingerprint density at radius 3 is 2.61 bits per heavy atom. The van der Waals surface area contributed by atoms with Crippen molar-refractivity contribution in [3.8, 4) is 11.5 Å². The second-order valence-electron chi connectivity index (χ2n) is 5.79. The molecule has 2 aromatic carbocycles. The van der Waals surface area contributed by atoms with E-state index in [-0.39, 0.29) is 11.7 Å². The van der Waals surface area contributed by atoms with Crippen molar-refractivity contribution >= 4 is 35.2 Å². The number of rotatable bonds is 9. The van der Waals surface area contributed by atoms with E-state index in [0.717, 1.165) is 17.7 Å². The van der Waals surface area contributed by atoms with E-state index in [2.05, 4.69) is 17.8 Å². The van der Waals surface area contributed by atoms with Crippen molar-refractivity contribution in [3.05, 3.63) is 53.1 Å². The van der Waals surface area contributed by atoms with E-state index in [0.29, 0.717) is 28.7 Å². The first-order chi connectivity index (χ1) is 13.5. The summed E-state index contributed by atoms with van der Waals surface area (Å²) in [6.07, 6.45) is 1.96. The summed E-state index contributed by atoms with van der Waals surface area (Å²) >= 11 is 7.34. The van der Waals surface area contributed by atoms with Gasteiger partial charge in [-0.25, -0.2) is 0 Å². The average Bonchev–Trinajstić information content (AvgIpc) is 2.71. The molecule has 0 bridgehead atoms. The van der Waals surface area contributed by atoms with Gasteiger partial charge < -0.3 is 9.47 Å². The summed E-state index contributed by atoms with van der Waals surface area (Å²) in [6, 6.07) is 12.1. The molecule has 0 aromatic heterocycles. The predicted molar refractivity (Wildman–Crippen MR) is 111 cm³/mol. The normalized spacial score (nSPS) is 10.2. The molecule has 0 heterocycles. The Balaban J connectivity index is 1.86. The van der Waals surface area contributed by atoms with Crippen molar-refractivity contribution < 1.29 is 19.1 Å². The zero-order valence-corrected chi connectivity index (χ0v) is 17.4. The number of nitrogens with one attached hydrogen (secondary N) is 2. The molecular formula is C20H23ClN2O4S. The summed E-state index contributed by atoms with van der Waals surface area (Å²) in [4.78, 5) is 25.0. The third-order valence-corrected chi connectivity index (χ3v) is 5.21. The lowest BCUT2D eigenvalue weighted by Gasteiger charge is -2.12. The summed E-state index contributed by atoms with van der Waals surface area (Å²) in [5.41, 5.74) is 5.13. The van der Waals surface area contributed by atoms with Crippen LogP contribution in [0.3, 0.4) is 0 Å². The first-order valence-corrected chi connectivity index (χ1v) is 10.2. The summed E-state index contributed by atoms with van der Waals surface area (Å²) in [5, 5.41) is 0.581. The van der Waals surface area contributed by atoms with Crippen LogP contribution in [-0.2, 0) is 4.79 Å². The van der Waals surface area contributed by atoms with E-state index in [1.807, 2.05) is 18.2 Å². The van der Waals surface area contributed by atoms with Gasteiger partial charge in [0.1, 0.15) is 0 Å². The van der Waals surface area contributed by atoms with Crippen LogP contribution in [0.1, 0.15) is 30.1 Å². The number of amides is 2. The third-order valence-electron chi connectivity index (χ3n) is 3.69. The van der Waals surface area contributed by atoms with E-state index in [9.17, 15) is 9.59 Å². The summed E-state index contributed by atoms with van der Waals surface area (Å²) in [7, 11) is 1.51. The summed E-state index contributed by atoms with van der Waals surface area (Å²) in [6.45, 7) is 2.66. The zero-order chi connectivity index (χ0) is 20.4. The first kappa shape index (κ1) is 21.9. The Morgan fingerprint density at radius 2 is 1.89 bits per heavy atom. The number of ether oxygens (including phenoxy) is 2. The number of halogens is 1. The standard InChI is InChI=1S/C20H23ClN2O4S/c1-3-4-11-27-16-10-9-14(12-17(16)26-2)20(25)23-22-19(24)13-28-18-8-6-5-7-15(18)21/h5-10,12H,3-4,11,13H2,1-2H3,(H,22,24)(H,23,25). The predicted octanol–water partition coefficient (Wildman–Crippen LogP) is 4.08. The van der Waals surface area contributed by atoms with E-state index in [1.165, 1.54) is 18.9 Å². The van der Waals surface area contributed by atoms with Crippen LogP contribution in [0.25, 0.3) is 0 Å². The van der Waals surface area contributed by atoms with Gasteiger partial charge in [-0.05, 0) is 36.8 Å². The number of hydrazine groups is 1. The fourth-order valence-electron chi connectivity index (χ4n) is 2.19. The lowest BCUT2D eigenvalue weighted by atomic mass is 10.2. The van der Waals surface area contributed by atoms with Crippen LogP contribution in [0.5, 0.6) is 11.5 Å². The van der Waals surface area contributed by atoms with Gasteiger partial charge in [0, 0.05) is 10.5 Å². The van der Waals surface area contributed by atoms with Gasteiger partial charge in [-0.2, -0.15) is 0 Å². The van der Waals surface area contributed by atoms with Crippen LogP contribution in [0.4, 0.5) is 0 Å². The number of unbranched alkanes of at least 4 members (excludes halogenated alkanes) is 1. The highest BCUT2D eigenvalue weighted by Gasteiger charge is 2.12. The lowest BCUT2D eigenvalue weighted by Crippen LogP contribution is -2.42. The van der Waals surface area contributed by atoms with E-state index in [4.69, 9.17) is 21.1 Å². The smallest absolute Gasteiger partial charge is 0.269 e. The van der Waals surface area contributed by atoms with Gasteiger partial charge in [0.25, 0.3) is 5.91 Å². The van der Waals surface area contributed by atoms with Gasteiger partial charge in [0.15, 0.2) is 11.5 Å². The first-order valence-electron chi connectivity index (χ1n) is 8.82. The van der Waals surface area contributed by atoms with Crippen molar-refractivity contribution in [3.63, 3.8) is 0 Å². The molecule has 2 rings (SSSR count). The minimum Gasteiger partial charge on any atom is -0.493 e. The molecule has 0 radical (unpaired) electrons. The molecule has 2 aromatic rings. The number of benzene rings is 2. The van der Waals surface area contributed by atoms with Crippen LogP contribution in [0.2, 0.25) is 5.02 Å². The monoisotopic (exact) mass is 422 g/mol. The number of carbonyl (C=O) groups excluding carboxylic acids is 2.